The second kappa shape index (κ2) is 9.24. The van der Waals surface area contributed by atoms with Crippen molar-refractivity contribution in [3.05, 3.63) is 23.2 Å². The molecule has 1 unspecified atom stereocenters. The highest BCUT2D eigenvalue weighted by Gasteiger charge is 2.20. The number of amides is 1. The lowest BCUT2D eigenvalue weighted by Crippen LogP contribution is -2.41. The number of anilines is 1. The highest BCUT2D eigenvalue weighted by atomic mass is 35.5. The van der Waals surface area contributed by atoms with Crippen LogP contribution in [0.4, 0.5) is 5.69 Å². The second-order valence-electron chi connectivity index (χ2n) is 4.44. The summed E-state index contributed by atoms with van der Waals surface area (Å²) in [4.78, 5) is 23.0. The Morgan fingerprint density at radius 1 is 1.36 bits per heavy atom. The molecule has 0 aliphatic rings. The van der Waals surface area contributed by atoms with Gasteiger partial charge in [-0.15, -0.1) is 0 Å². The van der Waals surface area contributed by atoms with Crippen LogP contribution in [0.25, 0.3) is 0 Å². The van der Waals surface area contributed by atoms with Crippen LogP contribution in [0.1, 0.15) is 6.42 Å². The second-order valence-corrected chi connectivity index (χ2v) is 4.85. The number of benzene rings is 1. The minimum Gasteiger partial charge on any atom is -0.495 e. The standard InChI is InChI=1S/C14H19ClN2O5/c1-21-6-5-16-11(14(19)20)8-13(18)17-9-3-4-12(22-2)10(15)7-9/h3-4,7,11,16H,5-6,8H2,1-2H3,(H,17,18)(H,19,20). The van der Waals surface area contributed by atoms with Crippen molar-refractivity contribution in [2.24, 2.45) is 0 Å². The number of carbonyl (C=O) groups excluding carboxylic acids is 1. The van der Waals surface area contributed by atoms with Gasteiger partial charge in [-0.3, -0.25) is 9.59 Å². The number of hydrogen-bond acceptors (Lipinski definition) is 5. The minimum atomic E-state index is -1.10. The van der Waals surface area contributed by atoms with E-state index in [2.05, 4.69) is 10.6 Å². The van der Waals surface area contributed by atoms with Gasteiger partial charge in [-0.2, -0.15) is 0 Å². The normalized spacial score (nSPS) is 11.8. The van der Waals surface area contributed by atoms with Crippen LogP contribution in [0.3, 0.4) is 0 Å². The molecule has 1 rings (SSSR count). The predicted molar refractivity (Wildman–Crippen MR) is 82.6 cm³/mol. The fraction of sp³-hybridized carbons (Fsp3) is 0.429. The van der Waals surface area contributed by atoms with Crippen molar-refractivity contribution < 1.29 is 24.2 Å². The number of carbonyl (C=O) groups is 2. The van der Waals surface area contributed by atoms with Gasteiger partial charge in [0.15, 0.2) is 0 Å². The largest absolute Gasteiger partial charge is 0.495 e. The molecule has 1 amide bonds. The number of aliphatic carboxylic acids is 1. The van der Waals surface area contributed by atoms with Crippen LogP contribution in [-0.2, 0) is 14.3 Å². The lowest BCUT2D eigenvalue weighted by atomic mass is 10.2. The zero-order chi connectivity index (χ0) is 16.5. The van der Waals surface area contributed by atoms with Crippen molar-refractivity contribution in [2.45, 2.75) is 12.5 Å². The van der Waals surface area contributed by atoms with Crippen molar-refractivity contribution in [3.63, 3.8) is 0 Å². The SMILES string of the molecule is COCCNC(CC(=O)Nc1ccc(OC)c(Cl)c1)C(=O)O. The number of nitrogens with one attached hydrogen (secondary N) is 2. The van der Waals surface area contributed by atoms with Crippen LogP contribution in [0.15, 0.2) is 18.2 Å². The molecule has 122 valence electrons. The first-order chi connectivity index (χ1) is 10.5. The number of ether oxygens (including phenoxy) is 2. The number of rotatable bonds is 9. The molecule has 3 N–H and O–H groups in total. The van der Waals surface area contributed by atoms with E-state index in [9.17, 15) is 9.59 Å². The summed E-state index contributed by atoms with van der Waals surface area (Å²) in [6.45, 7) is 0.703. The molecule has 0 radical (unpaired) electrons. The smallest absolute Gasteiger partial charge is 0.321 e. The average molecular weight is 331 g/mol. The van der Waals surface area contributed by atoms with Gasteiger partial charge >= 0.3 is 5.97 Å². The zero-order valence-electron chi connectivity index (χ0n) is 12.4. The van der Waals surface area contributed by atoms with Gasteiger partial charge in [0.2, 0.25) is 5.91 Å². The summed E-state index contributed by atoms with van der Waals surface area (Å²) < 4.78 is 9.84. The van der Waals surface area contributed by atoms with Crippen molar-refractivity contribution in [1.29, 1.82) is 0 Å². The first kappa shape index (κ1) is 18.2. The van der Waals surface area contributed by atoms with E-state index in [1.165, 1.54) is 20.3 Å². The molecule has 0 aromatic heterocycles. The van der Waals surface area contributed by atoms with Gasteiger partial charge in [0, 0.05) is 19.3 Å². The summed E-state index contributed by atoms with van der Waals surface area (Å²) in [7, 11) is 3.00. The number of halogens is 1. The van der Waals surface area contributed by atoms with E-state index in [4.69, 9.17) is 26.2 Å². The Labute approximate surface area is 133 Å². The van der Waals surface area contributed by atoms with Gasteiger partial charge < -0.3 is 25.2 Å². The maximum atomic E-state index is 11.9. The summed E-state index contributed by atoms with van der Waals surface area (Å²) in [5.41, 5.74) is 0.469. The van der Waals surface area contributed by atoms with Crippen LogP contribution < -0.4 is 15.4 Å². The topological polar surface area (TPSA) is 96.9 Å². The summed E-state index contributed by atoms with van der Waals surface area (Å²) in [6.07, 6.45) is -0.206. The van der Waals surface area contributed by atoms with Crippen LogP contribution in [0.5, 0.6) is 5.75 Å². The molecule has 0 saturated carbocycles. The van der Waals surface area contributed by atoms with Gasteiger partial charge in [-0.25, -0.2) is 0 Å². The average Bonchev–Trinajstić information content (AvgIpc) is 2.46. The van der Waals surface area contributed by atoms with Crippen LogP contribution in [0, 0.1) is 0 Å². The van der Waals surface area contributed by atoms with Gasteiger partial charge in [-0.1, -0.05) is 11.6 Å². The fourth-order valence-corrected chi connectivity index (χ4v) is 1.98. The Morgan fingerprint density at radius 3 is 2.64 bits per heavy atom. The van der Waals surface area contributed by atoms with E-state index < -0.39 is 17.9 Å². The zero-order valence-corrected chi connectivity index (χ0v) is 13.1. The third kappa shape index (κ3) is 5.88. The fourth-order valence-electron chi connectivity index (χ4n) is 1.72. The van der Waals surface area contributed by atoms with Crippen molar-refractivity contribution in [3.8, 4) is 5.75 Å². The maximum absolute atomic E-state index is 11.9. The molecule has 0 spiro atoms. The molecule has 0 saturated heterocycles. The Morgan fingerprint density at radius 2 is 2.09 bits per heavy atom. The molecule has 1 atom stereocenters. The molecule has 0 heterocycles. The molecule has 1 aromatic rings. The first-order valence-corrected chi connectivity index (χ1v) is 6.94. The number of methoxy groups -OCH3 is 2. The Bertz CT molecular complexity index is 524. The van der Waals surface area contributed by atoms with Crippen LogP contribution in [0.2, 0.25) is 5.02 Å². The molecule has 8 heteroatoms. The number of hydrogen-bond donors (Lipinski definition) is 3. The van der Waals surface area contributed by atoms with Gasteiger partial charge in [0.25, 0.3) is 0 Å². The van der Waals surface area contributed by atoms with E-state index >= 15 is 0 Å². The summed E-state index contributed by atoms with van der Waals surface area (Å²) in [5.74, 6) is -1.04. The van der Waals surface area contributed by atoms with Crippen molar-refractivity contribution in [2.75, 3.05) is 32.7 Å². The monoisotopic (exact) mass is 330 g/mol. The molecule has 1 aromatic carbocycles. The minimum absolute atomic E-state index is 0.206. The molecule has 22 heavy (non-hydrogen) atoms. The quantitative estimate of drug-likeness (QED) is 0.592. The summed E-state index contributed by atoms with van der Waals surface area (Å²) >= 11 is 5.96. The predicted octanol–water partition coefficient (Wildman–Crippen LogP) is 1.37. The summed E-state index contributed by atoms with van der Waals surface area (Å²) in [5, 5.41) is 14.8. The Kier molecular flexibility index (Phi) is 7.65. The van der Waals surface area contributed by atoms with E-state index in [1.807, 2.05) is 0 Å². The lowest BCUT2D eigenvalue weighted by Gasteiger charge is -2.14. The molecule has 0 aliphatic heterocycles. The molecule has 0 aliphatic carbocycles. The number of carboxylic acid groups (broad SMARTS) is 1. The van der Waals surface area contributed by atoms with E-state index in [0.29, 0.717) is 29.6 Å². The van der Waals surface area contributed by atoms with E-state index in [-0.39, 0.29) is 6.42 Å². The van der Waals surface area contributed by atoms with Crippen molar-refractivity contribution >= 4 is 29.2 Å². The molecule has 7 nitrogen and oxygen atoms in total. The van der Waals surface area contributed by atoms with Crippen molar-refractivity contribution in [1.82, 2.24) is 5.32 Å². The van der Waals surface area contributed by atoms with Crippen LogP contribution in [-0.4, -0.2) is 50.4 Å². The van der Waals surface area contributed by atoms with Gasteiger partial charge in [0.1, 0.15) is 11.8 Å². The highest BCUT2D eigenvalue weighted by Crippen LogP contribution is 2.27. The maximum Gasteiger partial charge on any atom is 0.321 e. The summed E-state index contributed by atoms with van der Waals surface area (Å²) in [6, 6.07) is 3.79. The first-order valence-electron chi connectivity index (χ1n) is 6.56. The third-order valence-corrected chi connectivity index (χ3v) is 3.12. The van der Waals surface area contributed by atoms with Gasteiger partial charge in [-0.05, 0) is 18.2 Å². The molecular weight excluding hydrogens is 312 g/mol. The molecular formula is C14H19ClN2O5. The van der Waals surface area contributed by atoms with Crippen LogP contribution >= 0.6 is 11.6 Å². The third-order valence-electron chi connectivity index (χ3n) is 2.82. The van der Waals surface area contributed by atoms with E-state index in [0.717, 1.165) is 0 Å². The molecule has 0 fully saturated rings. The molecule has 0 bridgehead atoms. The van der Waals surface area contributed by atoms with Gasteiger partial charge in [0.05, 0.1) is 25.2 Å². The number of carboxylic acids is 1. The Hall–Kier alpha value is -1.83. The highest BCUT2D eigenvalue weighted by molar-refractivity contribution is 6.32. The lowest BCUT2D eigenvalue weighted by molar-refractivity contribution is -0.141. The van der Waals surface area contributed by atoms with E-state index in [1.54, 1.807) is 12.1 Å². The Balaban J connectivity index is 2.59.